The van der Waals surface area contributed by atoms with Crippen LogP contribution in [0.4, 0.5) is 0 Å². The molecule has 22 heavy (non-hydrogen) atoms. The van der Waals surface area contributed by atoms with E-state index in [0.29, 0.717) is 5.57 Å². The van der Waals surface area contributed by atoms with Gasteiger partial charge in [0.2, 0.25) is 0 Å². The summed E-state index contributed by atoms with van der Waals surface area (Å²) in [6.07, 6.45) is 3.17. The first-order chi connectivity index (χ1) is 10.2. The Balaban J connectivity index is 2.86. The van der Waals surface area contributed by atoms with Gasteiger partial charge >= 0.3 is 11.9 Å². The summed E-state index contributed by atoms with van der Waals surface area (Å²) in [5, 5.41) is 0. The van der Waals surface area contributed by atoms with Crippen LogP contribution in [0.2, 0.25) is 0 Å². The van der Waals surface area contributed by atoms with Gasteiger partial charge in [0.25, 0.3) is 0 Å². The molecule has 0 spiro atoms. The third kappa shape index (κ3) is 4.90. The predicted molar refractivity (Wildman–Crippen MR) is 85.1 cm³/mol. The van der Waals surface area contributed by atoms with Crippen LogP contribution in [0.15, 0.2) is 23.9 Å². The highest BCUT2D eigenvalue weighted by molar-refractivity contribution is 5.89. The van der Waals surface area contributed by atoms with E-state index in [1.807, 2.05) is 32.6 Å². The molecule has 0 amide bonds. The van der Waals surface area contributed by atoms with Crippen molar-refractivity contribution >= 4 is 11.9 Å². The van der Waals surface area contributed by atoms with Crippen LogP contribution < -0.4 is 0 Å². The minimum absolute atomic E-state index is 0.205. The lowest BCUT2D eigenvalue weighted by Gasteiger charge is -2.28. The van der Waals surface area contributed by atoms with Gasteiger partial charge in [-0.05, 0) is 47.5 Å². The Labute approximate surface area is 133 Å². The summed E-state index contributed by atoms with van der Waals surface area (Å²) < 4.78 is 10.5. The lowest BCUT2D eigenvalue weighted by molar-refractivity contribution is -0.151. The smallest absolute Gasteiger partial charge is 0.335 e. The highest BCUT2D eigenvalue weighted by Crippen LogP contribution is 2.26. The molecule has 0 saturated carbocycles. The molecule has 1 fully saturated rings. The first-order valence-corrected chi connectivity index (χ1v) is 7.62. The van der Waals surface area contributed by atoms with Gasteiger partial charge in [-0.15, -0.1) is 0 Å². The number of allylic oxidation sites excluding steroid dienone is 1. The molecular formula is C17H27NO4. The molecule has 1 saturated heterocycles. The number of esters is 2. The standard InChI is InChI=1S/C17H27NO4/c1-7-11-21-16(20)14-9-8-10-18(14)13(3)12(2)15(19)22-17(4,5)6/h7,14H,1,8-11H2,2-6H3/b13-12+/t14-/m0/s1. The van der Waals surface area contributed by atoms with E-state index in [0.717, 1.165) is 25.1 Å². The van der Waals surface area contributed by atoms with Crippen molar-refractivity contribution in [1.82, 2.24) is 4.90 Å². The van der Waals surface area contributed by atoms with E-state index in [2.05, 4.69) is 6.58 Å². The molecule has 0 unspecified atom stereocenters. The van der Waals surface area contributed by atoms with Gasteiger partial charge < -0.3 is 14.4 Å². The number of ether oxygens (including phenoxy) is 2. The van der Waals surface area contributed by atoms with Crippen LogP contribution in [-0.2, 0) is 19.1 Å². The maximum atomic E-state index is 12.2. The van der Waals surface area contributed by atoms with E-state index in [1.165, 1.54) is 0 Å². The second-order valence-corrected chi connectivity index (χ2v) is 6.48. The first kappa shape index (κ1) is 18.3. The number of likely N-dealkylation sites (tertiary alicyclic amines) is 1. The molecule has 0 aliphatic carbocycles. The molecule has 0 radical (unpaired) electrons. The van der Waals surface area contributed by atoms with Gasteiger partial charge in [0.15, 0.2) is 0 Å². The van der Waals surface area contributed by atoms with Gasteiger partial charge in [-0.1, -0.05) is 12.7 Å². The van der Waals surface area contributed by atoms with Gasteiger partial charge in [-0.3, -0.25) is 0 Å². The van der Waals surface area contributed by atoms with Crippen molar-refractivity contribution in [2.24, 2.45) is 0 Å². The zero-order valence-electron chi connectivity index (χ0n) is 14.3. The lowest BCUT2D eigenvalue weighted by atomic mass is 10.1. The Morgan fingerprint density at radius 2 is 1.95 bits per heavy atom. The lowest BCUT2D eigenvalue weighted by Crippen LogP contribution is -2.37. The zero-order valence-corrected chi connectivity index (χ0v) is 14.3. The highest BCUT2D eigenvalue weighted by atomic mass is 16.6. The number of carbonyl (C=O) groups excluding carboxylic acids is 2. The van der Waals surface area contributed by atoms with E-state index in [4.69, 9.17) is 9.47 Å². The minimum atomic E-state index is -0.536. The molecule has 0 aromatic carbocycles. The topological polar surface area (TPSA) is 55.8 Å². The van der Waals surface area contributed by atoms with Gasteiger partial charge in [0.05, 0.1) is 5.57 Å². The SMILES string of the molecule is C=CCOC(=O)[C@@H]1CCCN1/C(C)=C(\C)C(=O)OC(C)(C)C. The number of hydrogen-bond donors (Lipinski definition) is 0. The van der Waals surface area contributed by atoms with E-state index in [1.54, 1.807) is 13.0 Å². The summed E-state index contributed by atoms with van der Waals surface area (Å²) >= 11 is 0. The van der Waals surface area contributed by atoms with Crippen LogP contribution >= 0.6 is 0 Å². The molecular weight excluding hydrogens is 282 g/mol. The van der Waals surface area contributed by atoms with Crippen molar-refractivity contribution in [1.29, 1.82) is 0 Å². The highest BCUT2D eigenvalue weighted by Gasteiger charge is 2.33. The van der Waals surface area contributed by atoms with E-state index >= 15 is 0 Å². The molecule has 1 atom stereocenters. The largest absolute Gasteiger partial charge is 0.460 e. The molecule has 1 heterocycles. The van der Waals surface area contributed by atoms with Crippen molar-refractivity contribution in [3.05, 3.63) is 23.9 Å². The van der Waals surface area contributed by atoms with Crippen molar-refractivity contribution < 1.29 is 19.1 Å². The first-order valence-electron chi connectivity index (χ1n) is 7.62. The Bertz CT molecular complexity index is 474. The van der Waals surface area contributed by atoms with Gasteiger partial charge in [-0.25, -0.2) is 9.59 Å². The van der Waals surface area contributed by atoms with E-state index in [9.17, 15) is 9.59 Å². The monoisotopic (exact) mass is 309 g/mol. The van der Waals surface area contributed by atoms with Crippen molar-refractivity contribution in [2.75, 3.05) is 13.2 Å². The van der Waals surface area contributed by atoms with Gasteiger partial charge in [0, 0.05) is 12.2 Å². The third-order valence-corrected chi connectivity index (χ3v) is 3.55. The van der Waals surface area contributed by atoms with Gasteiger partial charge in [-0.2, -0.15) is 0 Å². The summed E-state index contributed by atoms with van der Waals surface area (Å²) in [4.78, 5) is 26.2. The second kappa shape index (κ2) is 7.47. The number of carbonyl (C=O) groups is 2. The molecule has 0 bridgehead atoms. The van der Waals surface area contributed by atoms with Crippen molar-refractivity contribution in [2.45, 2.75) is 59.1 Å². The van der Waals surface area contributed by atoms with Crippen LogP contribution in [0.5, 0.6) is 0 Å². The molecule has 1 aliphatic heterocycles. The normalized spacial score (nSPS) is 19.5. The fraction of sp³-hybridized carbons (Fsp3) is 0.647. The summed E-state index contributed by atoms with van der Waals surface area (Å²) in [5.41, 5.74) is 0.761. The third-order valence-electron chi connectivity index (χ3n) is 3.55. The minimum Gasteiger partial charge on any atom is -0.460 e. The number of hydrogen-bond acceptors (Lipinski definition) is 5. The summed E-state index contributed by atoms with van der Waals surface area (Å²) in [6, 6.07) is -0.336. The van der Waals surface area contributed by atoms with E-state index in [-0.39, 0.29) is 24.6 Å². The van der Waals surface area contributed by atoms with Crippen molar-refractivity contribution in [3.63, 3.8) is 0 Å². The van der Waals surface area contributed by atoms with Gasteiger partial charge in [0.1, 0.15) is 18.2 Å². The van der Waals surface area contributed by atoms with E-state index < -0.39 is 5.60 Å². The molecule has 0 aromatic heterocycles. The number of nitrogens with zero attached hydrogens (tertiary/aromatic N) is 1. The molecule has 5 nitrogen and oxygen atoms in total. The van der Waals surface area contributed by atoms with Crippen LogP contribution in [0.1, 0.15) is 47.5 Å². The maximum Gasteiger partial charge on any atom is 0.335 e. The van der Waals surface area contributed by atoms with Crippen LogP contribution in [0, 0.1) is 0 Å². The maximum absolute atomic E-state index is 12.2. The van der Waals surface area contributed by atoms with Crippen LogP contribution in [-0.4, -0.2) is 41.6 Å². The number of rotatable bonds is 5. The zero-order chi connectivity index (χ0) is 16.9. The molecule has 5 heteroatoms. The predicted octanol–water partition coefficient (Wildman–Crippen LogP) is 2.82. The fourth-order valence-corrected chi connectivity index (χ4v) is 2.37. The summed E-state index contributed by atoms with van der Waals surface area (Å²) in [7, 11) is 0. The average molecular weight is 309 g/mol. The second-order valence-electron chi connectivity index (χ2n) is 6.48. The Morgan fingerprint density at radius 1 is 1.32 bits per heavy atom. The molecule has 1 rings (SSSR count). The molecule has 124 valence electrons. The fourth-order valence-electron chi connectivity index (χ4n) is 2.37. The van der Waals surface area contributed by atoms with Crippen molar-refractivity contribution in [3.8, 4) is 0 Å². The Morgan fingerprint density at radius 3 is 2.50 bits per heavy atom. The van der Waals surface area contributed by atoms with Crippen LogP contribution in [0.3, 0.4) is 0 Å². The Kier molecular flexibility index (Phi) is 6.21. The molecule has 1 aliphatic rings. The Hall–Kier alpha value is -1.78. The molecule has 0 N–H and O–H groups in total. The summed E-state index contributed by atoms with van der Waals surface area (Å²) in [5.74, 6) is -0.621. The average Bonchev–Trinajstić information content (AvgIpc) is 2.90. The molecule has 0 aromatic rings. The van der Waals surface area contributed by atoms with Crippen LogP contribution in [0.25, 0.3) is 0 Å². The quantitative estimate of drug-likeness (QED) is 0.444. The summed E-state index contributed by atoms with van der Waals surface area (Å²) in [6.45, 7) is 13.6.